The van der Waals surface area contributed by atoms with Gasteiger partial charge in [-0.15, -0.1) is 0 Å². The van der Waals surface area contributed by atoms with Crippen LogP contribution in [0.3, 0.4) is 0 Å². The number of nitrogens with one attached hydrogen (secondary N) is 1. The zero-order chi connectivity index (χ0) is 15.4. The highest BCUT2D eigenvalue weighted by Gasteiger charge is 2.20. The number of benzene rings is 1. The largest absolute Gasteiger partial charge is 0.494 e. The van der Waals surface area contributed by atoms with Crippen molar-refractivity contribution in [3.8, 4) is 5.75 Å². The van der Waals surface area contributed by atoms with Crippen LogP contribution >= 0.6 is 11.6 Å². The maximum absolute atomic E-state index is 6.32. The van der Waals surface area contributed by atoms with Crippen LogP contribution in [0.2, 0.25) is 5.02 Å². The molecule has 0 aliphatic heterocycles. The van der Waals surface area contributed by atoms with Crippen molar-refractivity contribution in [2.45, 2.75) is 26.3 Å². The fourth-order valence-electron chi connectivity index (χ4n) is 2.41. The van der Waals surface area contributed by atoms with E-state index < -0.39 is 0 Å². The van der Waals surface area contributed by atoms with Gasteiger partial charge in [0.05, 0.1) is 29.1 Å². The van der Waals surface area contributed by atoms with Gasteiger partial charge in [0, 0.05) is 19.0 Å². The summed E-state index contributed by atoms with van der Waals surface area (Å²) in [7, 11) is 1.89. The molecular formula is C15H21ClN4O. The van der Waals surface area contributed by atoms with Gasteiger partial charge in [-0.2, -0.15) is 5.10 Å². The van der Waals surface area contributed by atoms with Crippen LogP contribution in [-0.4, -0.2) is 16.4 Å². The van der Waals surface area contributed by atoms with E-state index >= 15 is 0 Å². The maximum atomic E-state index is 6.32. The van der Waals surface area contributed by atoms with E-state index in [0.717, 1.165) is 22.7 Å². The molecule has 5 nitrogen and oxygen atoms in total. The number of nitrogens with two attached hydrogens (primary N) is 1. The van der Waals surface area contributed by atoms with Crippen LogP contribution < -0.4 is 16.0 Å². The van der Waals surface area contributed by atoms with Crippen LogP contribution in [0.1, 0.15) is 29.9 Å². The standard InChI is InChI=1S/C15H21ClN4O/c1-4-21-14-8-6-5-7-11(14)12(18-17)9-13-15(16)10(2)19-20(13)3/h5-8,12,18H,4,9,17H2,1-3H3. The lowest BCUT2D eigenvalue weighted by Crippen LogP contribution is -2.30. The molecule has 0 saturated carbocycles. The summed E-state index contributed by atoms with van der Waals surface area (Å²) in [6, 6.07) is 7.77. The van der Waals surface area contributed by atoms with E-state index in [2.05, 4.69) is 10.5 Å². The number of para-hydroxylation sites is 1. The second-order valence-corrected chi connectivity index (χ2v) is 5.24. The van der Waals surface area contributed by atoms with Gasteiger partial charge in [0.2, 0.25) is 0 Å². The Kier molecular flexibility index (Phi) is 5.22. The first-order valence-electron chi connectivity index (χ1n) is 6.94. The van der Waals surface area contributed by atoms with E-state index in [1.165, 1.54) is 0 Å². The number of rotatable bonds is 6. The van der Waals surface area contributed by atoms with Crippen molar-refractivity contribution in [2.24, 2.45) is 12.9 Å². The SMILES string of the molecule is CCOc1ccccc1C(Cc1c(Cl)c(C)nn1C)NN. The monoisotopic (exact) mass is 308 g/mol. The molecule has 0 fully saturated rings. The minimum atomic E-state index is -0.0972. The molecule has 0 spiro atoms. The zero-order valence-corrected chi connectivity index (χ0v) is 13.3. The molecule has 1 aromatic heterocycles. The van der Waals surface area contributed by atoms with Crippen molar-refractivity contribution in [2.75, 3.05) is 6.61 Å². The molecule has 114 valence electrons. The summed E-state index contributed by atoms with van der Waals surface area (Å²) in [5.41, 5.74) is 5.63. The molecule has 2 aromatic rings. The number of hydrogen-bond acceptors (Lipinski definition) is 4. The number of ether oxygens (including phenoxy) is 1. The Morgan fingerprint density at radius 3 is 2.71 bits per heavy atom. The third kappa shape index (κ3) is 3.37. The molecule has 21 heavy (non-hydrogen) atoms. The fourth-order valence-corrected chi connectivity index (χ4v) is 2.65. The molecule has 1 atom stereocenters. The van der Waals surface area contributed by atoms with E-state index in [1.807, 2.05) is 45.2 Å². The molecule has 1 aromatic carbocycles. The highest BCUT2D eigenvalue weighted by Crippen LogP contribution is 2.30. The number of hydrazine groups is 1. The first-order valence-corrected chi connectivity index (χ1v) is 7.32. The first kappa shape index (κ1) is 15.8. The third-order valence-corrected chi connectivity index (χ3v) is 3.95. The molecule has 1 unspecified atom stereocenters. The summed E-state index contributed by atoms with van der Waals surface area (Å²) in [4.78, 5) is 0. The second-order valence-electron chi connectivity index (χ2n) is 4.86. The number of aromatic nitrogens is 2. The third-order valence-electron chi connectivity index (χ3n) is 3.45. The zero-order valence-electron chi connectivity index (χ0n) is 12.6. The average Bonchev–Trinajstić information content (AvgIpc) is 2.71. The topological polar surface area (TPSA) is 65.1 Å². The lowest BCUT2D eigenvalue weighted by molar-refractivity contribution is 0.331. The van der Waals surface area contributed by atoms with Gasteiger partial charge in [0.25, 0.3) is 0 Å². The Morgan fingerprint density at radius 1 is 1.43 bits per heavy atom. The van der Waals surface area contributed by atoms with Crippen LogP contribution in [0.5, 0.6) is 5.75 Å². The highest BCUT2D eigenvalue weighted by atomic mass is 35.5. The van der Waals surface area contributed by atoms with Crippen molar-refractivity contribution in [1.82, 2.24) is 15.2 Å². The summed E-state index contributed by atoms with van der Waals surface area (Å²) in [6.45, 7) is 4.47. The van der Waals surface area contributed by atoms with E-state index in [9.17, 15) is 0 Å². The molecule has 0 radical (unpaired) electrons. The lowest BCUT2D eigenvalue weighted by Gasteiger charge is -2.20. The summed E-state index contributed by atoms with van der Waals surface area (Å²) < 4.78 is 7.47. The van der Waals surface area contributed by atoms with E-state index in [1.54, 1.807) is 4.68 Å². The quantitative estimate of drug-likeness (QED) is 0.636. The molecule has 6 heteroatoms. The van der Waals surface area contributed by atoms with Crippen molar-refractivity contribution >= 4 is 11.6 Å². The molecule has 3 N–H and O–H groups in total. The van der Waals surface area contributed by atoms with E-state index in [4.69, 9.17) is 22.2 Å². The molecule has 0 amide bonds. The average molecular weight is 309 g/mol. The van der Waals surface area contributed by atoms with Crippen molar-refractivity contribution < 1.29 is 4.74 Å². The summed E-state index contributed by atoms with van der Waals surface area (Å²) in [6.07, 6.45) is 0.636. The second kappa shape index (κ2) is 6.93. The van der Waals surface area contributed by atoms with Gasteiger partial charge in [-0.1, -0.05) is 29.8 Å². The van der Waals surface area contributed by atoms with Gasteiger partial charge in [-0.3, -0.25) is 16.0 Å². The normalized spacial score (nSPS) is 12.4. The van der Waals surface area contributed by atoms with Gasteiger partial charge >= 0.3 is 0 Å². The number of aryl methyl sites for hydroxylation is 2. The molecule has 0 bridgehead atoms. The van der Waals surface area contributed by atoms with Crippen LogP contribution in [-0.2, 0) is 13.5 Å². The van der Waals surface area contributed by atoms with Gasteiger partial charge < -0.3 is 4.74 Å². The molecule has 0 aliphatic rings. The molecule has 2 rings (SSSR count). The predicted molar refractivity (Wildman–Crippen MR) is 84.3 cm³/mol. The summed E-state index contributed by atoms with van der Waals surface area (Å²) in [5, 5.41) is 5.02. The van der Waals surface area contributed by atoms with Crippen LogP contribution in [0.15, 0.2) is 24.3 Å². The van der Waals surface area contributed by atoms with Gasteiger partial charge in [0.1, 0.15) is 5.75 Å². The Labute approximate surface area is 130 Å². The Hall–Kier alpha value is -1.56. The first-order chi connectivity index (χ1) is 10.1. The van der Waals surface area contributed by atoms with Crippen LogP contribution in [0, 0.1) is 6.92 Å². The molecule has 1 heterocycles. The summed E-state index contributed by atoms with van der Waals surface area (Å²) >= 11 is 6.32. The fraction of sp³-hybridized carbons (Fsp3) is 0.400. The van der Waals surface area contributed by atoms with Crippen LogP contribution in [0.4, 0.5) is 0 Å². The number of halogens is 1. The Morgan fingerprint density at radius 2 is 2.14 bits per heavy atom. The minimum absolute atomic E-state index is 0.0972. The van der Waals surface area contributed by atoms with E-state index in [-0.39, 0.29) is 6.04 Å². The Bertz CT molecular complexity index is 612. The van der Waals surface area contributed by atoms with Crippen molar-refractivity contribution in [3.05, 3.63) is 46.2 Å². The van der Waals surface area contributed by atoms with Crippen LogP contribution in [0.25, 0.3) is 0 Å². The highest BCUT2D eigenvalue weighted by molar-refractivity contribution is 6.31. The molecule has 0 saturated heterocycles. The van der Waals surface area contributed by atoms with Crippen molar-refractivity contribution in [3.63, 3.8) is 0 Å². The minimum Gasteiger partial charge on any atom is -0.494 e. The van der Waals surface area contributed by atoms with Gasteiger partial charge in [-0.05, 0) is 19.9 Å². The van der Waals surface area contributed by atoms with E-state index in [0.29, 0.717) is 18.1 Å². The number of nitrogens with zero attached hydrogens (tertiary/aromatic N) is 2. The van der Waals surface area contributed by atoms with Gasteiger partial charge in [-0.25, -0.2) is 0 Å². The Balaban J connectivity index is 2.32. The predicted octanol–water partition coefficient (Wildman–Crippen LogP) is 2.53. The smallest absolute Gasteiger partial charge is 0.124 e. The number of hydrogen-bond donors (Lipinski definition) is 2. The maximum Gasteiger partial charge on any atom is 0.124 e. The summed E-state index contributed by atoms with van der Waals surface area (Å²) in [5.74, 6) is 6.58. The molecular weight excluding hydrogens is 288 g/mol. The van der Waals surface area contributed by atoms with Gasteiger partial charge in [0.15, 0.2) is 0 Å². The van der Waals surface area contributed by atoms with Crippen molar-refractivity contribution in [1.29, 1.82) is 0 Å². The lowest BCUT2D eigenvalue weighted by atomic mass is 10.0. The molecule has 0 aliphatic carbocycles.